The van der Waals surface area contributed by atoms with Crippen molar-refractivity contribution in [2.45, 2.75) is 13.0 Å². The molecule has 1 fully saturated rings. The van der Waals surface area contributed by atoms with E-state index in [2.05, 4.69) is 9.59 Å². The van der Waals surface area contributed by atoms with E-state index in [-0.39, 0.29) is 18.6 Å². The molecule has 1 atom stereocenters. The summed E-state index contributed by atoms with van der Waals surface area (Å²) in [6, 6.07) is 0. The fraction of sp³-hybridized carbons (Fsp3) is 0.667. The molecule has 1 saturated heterocycles. The molecule has 1 amide bonds. The predicted octanol–water partition coefficient (Wildman–Crippen LogP) is -0.320. The van der Waals surface area contributed by atoms with Crippen molar-refractivity contribution in [3.8, 4) is 0 Å². The molecule has 1 aromatic rings. The number of aliphatic hydroxyl groups is 1. The van der Waals surface area contributed by atoms with Crippen LogP contribution in [0.15, 0.2) is 0 Å². The molecule has 7 heteroatoms. The Morgan fingerprint density at radius 2 is 2.56 bits per heavy atom. The summed E-state index contributed by atoms with van der Waals surface area (Å²) in [6.07, 6.45) is -0.279. The molecule has 1 aliphatic heterocycles. The molecule has 0 radical (unpaired) electrons. The van der Waals surface area contributed by atoms with Crippen molar-refractivity contribution in [3.05, 3.63) is 10.6 Å². The summed E-state index contributed by atoms with van der Waals surface area (Å²) < 4.78 is 9.02. The smallest absolute Gasteiger partial charge is 0.267 e. The zero-order valence-corrected chi connectivity index (χ0v) is 9.74. The number of aryl methyl sites for hydroxylation is 1. The van der Waals surface area contributed by atoms with Gasteiger partial charge < -0.3 is 14.7 Å². The van der Waals surface area contributed by atoms with Crippen molar-refractivity contribution < 1.29 is 14.6 Å². The van der Waals surface area contributed by atoms with Gasteiger partial charge in [-0.15, -0.1) is 5.10 Å². The predicted molar refractivity (Wildman–Crippen MR) is 57.4 cm³/mol. The fourth-order valence-corrected chi connectivity index (χ4v) is 2.21. The number of hydrogen-bond donors (Lipinski definition) is 1. The molecule has 0 spiro atoms. The Morgan fingerprint density at radius 1 is 1.75 bits per heavy atom. The maximum Gasteiger partial charge on any atom is 0.267 e. The van der Waals surface area contributed by atoms with Crippen LogP contribution in [0.4, 0.5) is 0 Å². The summed E-state index contributed by atoms with van der Waals surface area (Å²) >= 11 is 1.10. The number of ether oxygens (including phenoxy) is 1. The minimum absolute atomic E-state index is 0.0658. The highest BCUT2D eigenvalue weighted by atomic mass is 32.1. The SMILES string of the molecule is Cc1nnsc1C(=O)N1CCOC(CO)C1. The van der Waals surface area contributed by atoms with Crippen molar-refractivity contribution >= 4 is 17.4 Å². The number of aliphatic hydroxyl groups excluding tert-OH is 1. The molecule has 0 saturated carbocycles. The van der Waals surface area contributed by atoms with Gasteiger partial charge >= 0.3 is 0 Å². The Bertz CT molecular complexity index is 382. The second-order valence-electron chi connectivity index (χ2n) is 3.61. The summed E-state index contributed by atoms with van der Waals surface area (Å²) in [5.41, 5.74) is 0.655. The molecule has 16 heavy (non-hydrogen) atoms. The summed E-state index contributed by atoms with van der Waals surface area (Å²) in [4.78, 5) is 14.3. The van der Waals surface area contributed by atoms with Gasteiger partial charge in [-0.05, 0) is 18.5 Å². The van der Waals surface area contributed by atoms with E-state index in [1.54, 1.807) is 11.8 Å². The van der Waals surface area contributed by atoms with Crippen molar-refractivity contribution in [3.63, 3.8) is 0 Å². The van der Waals surface area contributed by atoms with Crippen LogP contribution in [-0.2, 0) is 4.74 Å². The van der Waals surface area contributed by atoms with Crippen LogP contribution in [0.5, 0.6) is 0 Å². The highest BCUT2D eigenvalue weighted by Gasteiger charge is 2.26. The summed E-state index contributed by atoms with van der Waals surface area (Å²) in [6.45, 7) is 3.13. The third-order valence-corrected chi connectivity index (χ3v) is 3.29. The van der Waals surface area contributed by atoms with Gasteiger partial charge in [0.15, 0.2) is 0 Å². The number of aromatic nitrogens is 2. The fourth-order valence-electron chi connectivity index (χ4n) is 1.59. The lowest BCUT2D eigenvalue weighted by atomic mass is 10.2. The average Bonchev–Trinajstić information content (AvgIpc) is 2.74. The summed E-state index contributed by atoms with van der Waals surface area (Å²) in [7, 11) is 0. The second kappa shape index (κ2) is 4.86. The van der Waals surface area contributed by atoms with Crippen LogP contribution in [0.2, 0.25) is 0 Å². The molecule has 0 aromatic carbocycles. The zero-order valence-electron chi connectivity index (χ0n) is 8.92. The van der Waals surface area contributed by atoms with Crippen LogP contribution >= 0.6 is 11.5 Å². The van der Waals surface area contributed by atoms with E-state index >= 15 is 0 Å². The maximum absolute atomic E-state index is 12.1. The van der Waals surface area contributed by atoms with Gasteiger partial charge in [-0.25, -0.2) is 0 Å². The third-order valence-electron chi connectivity index (χ3n) is 2.48. The first-order valence-corrected chi connectivity index (χ1v) is 5.80. The maximum atomic E-state index is 12.1. The minimum atomic E-state index is -0.279. The molecule has 0 bridgehead atoms. The standard InChI is InChI=1S/C9H13N3O3S/c1-6-8(16-11-10-6)9(14)12-2-3-15-7(4-12)5-13/h7,13H,2-5H2,1H3. The van der Waals surface area contributed by atoms with Gasteiger partial charge in [0.05, 0.1) is 25.0 Å². The molecule has 1 aliphatic rings. The Hall–Kier alpha value is -1.05. The number of carbonyl (C=O) groups is 1. The average molecular weight is 243 g/mol. The van der Waals surface area contributed by atoms with E-state index in [0.717, 1.165) is 11.5 Å². The molecule has 88 valence electrons. The van der Waals surface area contributed by atoms with Crippen LogP contribution in [0, 0.1) is 6.92 Å². The van der Waals surface area contributed by atoms with Gasteiger partial charge in [0.25, 0.3) is 5.91 Å². The lowest BCUT2D eigenvalue weighted by Gasteiger charge is -2.31. The van der Waals surface area contributed by atoms with E-state index < -0.39 is 0 Å². The van der Waals surface area contributed by atoms with E-state index in [0.29, 0.717) is 30.3 Å². The molecular formula is C9H13N3O3S. The van der Waals surface area contributed by atoms with Gasteiger partial charge in [-0.2, -0.15) is 0 Å². The highest BCUT2D eigenvalue weighted by Crippen LogP contribution is 2.15. The first-order valence-electron chi connectivity index (χ1n) is 5.03. The lowest BCUT2D eigenvalue weighted by Crippen LogP contribution is -2.46. The third kappa shape index (κ3) is 2.21. The molecule has 6 nitrogen and oxygen atoms in total. The topological polar surface area (TPSA) is 75.6 Å². The van der Waals surface area contributed by atoms with Crippen molar-refractivity contribution in [2.24, 2.45) is 0 Å². The van der Waals surface area contributed by atoms with Gasteiger partial charge in [0, 0.05) is 13.1 Å². The Balaban J connectivity index is 2.07. The van der Waals surface area contributed by atoms with Crippen molar-refractivity contribution in [2.75, 3.05) is 26.3 Å². The van der Waals surface area contributed by atoms with Crippen molar-refractivity contribution in [1.82, 2.24) is 14.5 Å². The van der Waals surface area contributed by atoms with Crippen LogP contribution in [0.25, 0.3) is 0 Å². The van der Waals surface area contributed by atoms with Crippen LogP contribution in [-0.4, -0.2) is 57.9 Å². The number of morpholine rings is 1. The number of nitrogens with zero attached hydrogens (tertiary/aromatic N) is 3. The number of amides is 1. The first kappa shape index (κ1) is 11.4. The molecular weight excluding hydrogens is 230 g/mol. The quantitative estimate of drug-likeness (QED) is 0.770. The van der Waals surface area contributed by atoms with E-state index in [1.165, 1.54) is 0 Å². The lowest BCUT2D eigenvalue weighted by molar-refractivity contribution is -0.0446. The Morgan fingerprint density at radius 3 is 3.19 bits per heavy atom. The number of rotatable bonds is 2. The number of hydrogen-bond acceptors (Lipinski definition) is 6. The molecule has 2 heterocycles. The molecule has 1 unspecified atom stereocenters. The van der Waals surface area contributed by atoms with Gasteiger partial charge in [0.1, 0.15) is 4.88 Å². The van der Waals surface area contributed by atoms with Gasteiger partial charge in [-0.1, -0.05) is 4.49 Å². The number of carbonyl (C=O) groups excluding carboxylic acids is 1. The molecule has 2 rings (SSSR count). The summed E-state index contributed by atoms with van der Waals surface area (Å²) in [5, 5.41) is 12.8. The first-order chi connectivity index (χ1) is 7.72. The second-order valence-corrected chi connectivity index (χ2v) is 4.37. The van der Waals surface area contributed by atoms with Crippen LogP contribution in [0.1, 0.15) is 15.4 Å². The van der Waals surface area contributed by atoms with E-state index in [1.807, 2.05) is 0 Å². The zero-order chi connectivity index (χ0) is 11.5. The monoisotopic (exact) mass is 243 g/mol. The van der Waals surface area contributed by atoms with Crippen molar-refractivity contribution in [1.29, 1.82) is 0 Å². The molecule has 0 aliphatic carbocycles. The van der Waals surface area contributed by atoms with Gasteiger partial charge in [-0.3, -0.25) is 4.79 Å². The highest BCUT2D eigenvalue weighted by molar-refractivity contribution is 7.07. The van der Waals surface area contributed by atoms with E-state index in [9.17, 15) is 4.79 Å². The van der Waals surface area contributed by atoms with Crippen LogP contribution in [0.3, 0.4) is 0 Å². The largest absolute Gasteiger partial charge is 0.394 e. The molecule has 1 N–H and O–H groups in total. The van der Waals surface area contributed by atoms with Gasteiger partial charge in [0.2, 0.25) is 0 Å². The van der Waals surface area contributed by atoms with Crippen LogP contribution < -0.4 is 0 Å². The van der Waals surface area contributed by atoms with E-state index in [4.69, 9.17) is 9.84 Å². The molecule has 1 aromatic heterocycles. The normalized spacial score (nSPS) is 21.1. The Labute approximate surface area is 97.0 Å². The Kier molecular flexibility index (Phi) is 3.47. The summed E-state index contributed by atoms with van der Waals surface area (Å²) in [5.74, 6) is -0.0748. The minimum Gasteiger partial charge on any atom is -0.394 e.